The first-order valence-corrected chi connectivity index (χ1v) is 5.67. The topological polar surface area (TPSA) is 42.4 Å². The number of hydrogen-bond donors (Lipinski definition) is 1. The minimum absolute atomic E-state index is 0.175. The molecule has 3 nitrogen and oxygen atoms in total. The first kappa shape index (κ1) is 11.5. The minimum Gasteiger partial charge on any atom is -0.506 e. The van der Waals surface area contributed by atoms with Gasteiger partial charge in [0.15, 0.2) is 0 Å². The van der Waals surface area contributed by atoms with Gasteiger partial charge in [-0.25, -0.2) is 0 Å². The fourth-order valence-electron chi connectivity index (χ4n) is 1.55. The molecule has 0 saturated carbocycles. The van der Waals surface area contributed by atoms with Crippen LogP contribution in [0.2, 0.25) is 0 Å². The molecule has 0 aliphatic heterocycles. The zero-order chi connectivity index (χ0) is 12.1. The highest BCUT2D eigenvalue weighted by Gasteiger charge is 2.00. The first-order valence-electron chi connectivity index (χ1n) is 5.67. The molecule has 0 aliphatic rings. The molecule has 1 N–H and O–H groups in total. The van der Waals surface area contributed by atoms with Crippen LogP contribution >= 0.6 is 0 Å². The molecule has 0 bridgehead atoms. The van der Waals surface area contributed by atoms with Gasteiger partial charge in [0, 0.05) is 11.8 Å². The standard InChI is InChI=1S/C14H15NO2/c1-2-7-17-14-5-3-11(4-6-14)12-8-13(16)10-15-9-12/h3-6,8-10,16H,2,7H2,1H3. The fourth-order valence-corrected chi connectivity index (χ4v) is 1.55. The van der Waals surface area contributed by atoms with Gasteiger partial charge in [-0.15, -0.1) is 0 Å². The van der Waals surface area contributed by atoms with Crippen LogP contribution in [0.25, 0.3) is 11.1 Å². The number of hydrogen-bond acceptors (Lipinski definition) is 3. The summed E-state index contributed by atoms with van der Waals surface area (Å²) in [6.07, 6.45) is 4.14. The van der Waals surface area contributed by atoms with Crippen molar-refractivity contribution in [3.8, 4) is 22.6 Å². The lowest BCUT2D eigenvalue weighted by atomic mass is 10.1. The van der Waals surface area contributed by atoms with Crippen molar-refractivity contribution in [2.24, 2.45) is 0 Å². The lowest BCUT2D eigenvalue weighted by molar-refractivity contribution is 0.317. The van der Waals surface area contributed by atoms with E-state index in [1.165, 1.54) is 6.20 Å². The maximum atomic E-state index is 9.36. The van der Waals surface area contributed by atoms with Crippen LogP contribution in [0.1, 0.15) is 13.3 Å². The Morgan fingerprint density at radius 1 is 1.12 bits per heavy atom. The molecule has 0 aliphatic carbocycles. The summed E-state index contributed by atoms with van der Waals surface area (Å²) in [5, 5.41) is 9.36. The van der Waals surface area contributed by atoms with Gasteiger partial charge in [0.05, 0.1) is 12.8 Å². The SMILES string of the molecule is CCCOc1ccc(-c2cncc(O)c2)cc1. The lowest BCUT2D eigenvalue weighted by Gasteiger charge is -2.06. The quantitative estimate of drug-likeness (QED) is 0.875. The smallest absolute Gasteiger partial charge is 0.134 e. The average Bonchev–Trinajstić information content (AvgIpc) is 2.37. The Balaban J connectivity index is 2.17. The monoisotopic (exact) mass is 229 g/mol. The van der Waals surface area contributed by atoms with Crippen molar-refractivity contribution in [2.75, 3.05) is 6.61 Å². The summed E-state index contributed by atoms with van der Waals surface area (Å²) in [6.45, 7) is 2.81. The molecule has 0 atom stereocenters. The second-order valence-corrected chi connectivity index (χ2v) is 3.80. The summed E-state index contributed by atoms with van der Waals surface area (Å²) in [4.78, 5) is 3.95. The van der Waals surface area contributed by atoms with Gasteiger partial charge in [0.25, 0.3) is 0 Å². The maximum Gasteiger partial charge on any atom is 0.134 e. The van der Waals surface area contributed by atoms with Crippen LogP contribution in [0, 0.1) is 0 Å². The molecule has 0 unspecified atom stereocenters. The van der Waals surface area contributed by atoms with Crippen LogP contribution in [0.5, 0.6) is 11.5 Å². The van der Waals surface area contributed by atoms with Crippen molar-refractivity contribution in [1.29, 1.82) is 0 Å². The van der Waals surface area contributed by atoms with Crippen LogP contribution in [-0.4, -0.2) is 16.7 Å². The Bertz CT molecular complexity index is 480. The molecule has 88 valence electrons. The fraction of sp³-hybridized carbons (Fsp3) is 0.214. The van der Waals surface area contributed by atoms with Crippen molar-refractivity contribution < 1.29 is 9.84 Å². The predicted octanol–water partition coefficient (Wildman–Crippen LogP) is 3.24. The summed E-state index contributed by atoms with van der Waals surface area (Å²) < 4.78 is 5.50. The van der Waals surface area contributed by atoms with E-state index >= 15 is 0 Å². The molecule has 17 heavy (non-hydrogen) atoms. The predicted molar refractivity (Wildman–Crippen MR) is 67.1 cm³/mol. The molecule has 0 radical (unpaired) electrons. The van der Waals surface area contributed by atoms with Gasteiger partial charge in [-0.3, -0.25) is 4.98 Å². The Kier molecular flexibility index (Phi) is 3.60. The number of rotatable bonds is 4. The third-order valence-electron chi connectivity index (χ3n) is 2.38. The van der Waals surface area contributed by atoms with Crippen molar-refractivity contribution in [1.82, 2.24) is 4.98 Å². The molecule has 0 amide bonds. The minimum atomic E-state index is 0.175. The summed E-state index contributed by atoms with van der Waals surface area (Å²) in [5.74, 6) is 1.04. The van der Waals surface area contributed by atoms with Crippen molar-refractivity contribution >= 4 is 0 Å². The summed E-state index contributed by atoms with van der Waals surface area (Å²) in [6, 6.07) is 9.46. The Morgan fingerprint density at radius 3 is 2.53 bits per heavy atom. The van der Waals surface area contributed by atoms with E-state index in [0.29, 0.717) is 0 Å². The molecule has 2 rings (SSSR count). The largest absolute Gasteiger partial charge is 0.506 e. The van der Waals surface area contributed by atoms with E-state index in [-0.39, 0.29) is 5.75 Å². The molecule has 1 aromatic carbocycles. The van der Waals surface area contributed by atoms with E-state index in [0.717, 1.165) is 29.9 Å². The third-order valence-corrected chi connectivity index (χ3v) is 2.38. The average molecular weight is 229 g/mol. The van der Waals surface area contributed by atoms with Crippen LogP contribution in [0.3, 0.4) is 0 Å². The third kappa shape index (κ3) is 2.97. The lowest BCUT2D eigenvalue weighted by Crippen LogP contribution is -1.94. The van der Waals surface area contributed by atoms with E-state index < -0.39 is 0 Å². The molecular formula is C14H15NO2. The summed E-state index contributed by atoms with van der Waals surface area (Å²) >= 11 is 0. The summed E-state index contributed by atoms with van der Waals surface area (Å²) in [5.41, 5.74) is 1.91. The molecule has 3 heteroatoms. The maximum absolute atomic E-state index is 9.36. The van der Waals surface area contributed by atoms with Gasteiger partial charge in [-0.2, -0.15) is 0 Å². The number of aromatic hydroxyl groups is 1. The zero-order valence-corrected chi connectivity index (χ0v) is 9.76. The number of ether oxygens (including phenoxy) is 1. The van der Waals surface area contributed by atoms with Crippen molar-refractivity contribution in [2.45, 2.75) is 13.3 Å². The molecule has 1 heterocycles. The van der Waals surface area contributed by atoms with E-state index in [2.05, 4.69) is 11.9 Å². The van der Waals surface area contributed by atoms with Crippen molar-refractivity contribution in [3.05, 3.63) is 42.7 Å². The molecule has 2 aromatic rings. The Labute approximate surface area is 101 Å². The van der Waals surface area contributed by atoms with Crippen molar-refractivity contribution in [3.63, 3.8) is 0 Å². The highest BCUT2D eigenvalue weighted by Crippen LogP contribution is 2.24. The normalized spacial score (nSPS) is 10.2. The first-order chi connectivity index (χ1) is 8.29. The van der Waals surface area contributed by atoms with Crippen LogP contribution in [0.4, 0.5) is 0 Å². The van der Waals surface area contributed by atoms with Crippen LogP contribution in [-0.2, 0) is 0 Å². The van der Waals surface area contributed by atoms with E-state index in [4.69, 9.17) is 4.74 Å². The van der Waals surface area contributed by atoms with Gasteiger partial charge in [-0.1, -0.05) is 19.1 Å². The molecule has 1 aromatic heterocycles. The Hall–Kier alpha value is -2.03. The molecule has 0 fully saturated rings. The number of benzene rings is 1. The Morgan fingerprint density at radius 2 is 1.88 bits per heavy atom. The van der Waals surface area contributed by atoms with Crippen LogP contribution < -0.4 is 4.74 Å². The number of pyridine rings is 1. The second kappa shape index (κ2) is 5.34. The van der Waals surface area contributed by atoms with Gasteiger partial charge < -0.3 is 9.84 Å². The molecular weight excluding hydrogens is 214 g/mol. The van der Waals surface area contributed by atoms with Gasteiger partial charge >= 0.3 is 0 Å². The highest BCUT2D eigenvalue weighted by molar-refractivity contribution is 5.64. The van der Waals surface area contributed by atoms with Gasteiger partial charge in [-0.05, 0) is 30.2 Å². The zero-order valence-electron chi connectivity index (χ0n) is 9.76. The van der Waals surface area contributed by atoms with Gasteiger partial charge in [0.1, 0.15) is 11.5 Å². The van der Waals surface area contributed by atoms with E-state index in [9.17, 15) is 5.11 Å². The molecule has 0 spiro atoms. The second-order valence-electron chi connectivity index (χ2n) is 3.80. The van der Waals surface area contributed by atoms with E-state index in [1.807, 2.05) is 24.3 Å². The molecule has 0 saturated heterocycles. The number of nitrogens with zero attached hydrogens (tertiary/aromatic N) is 1. The van der Waals surface area contributed by atoms with E-state index in [1.54, 1.807) is 12.3 Å². The van der Waals surface area contributed by atoms with Crippen LogP contribution in [0.15, 0.2) is 42.7 Å². The summed E-state index contributed by atoms with van der Waals surface area (Å²) in [7, 11) is 0. The highest BCUT2D eigenvalue weighted by atomic mass is 16.5. The number of aromatic nitrogens is 1. The van der Waals surface area contributed by atoms with Gasteiger partial charge in [0.2, 0.25) is 0 Å².